The van der Waals surface area contributed by atoms with Gasteiger partial charge in [0.2, 0.25) is 0 Å². The predicted molar refractivity (Wildman–Crippen MR) is 86.1 cm³/mol. The Hall–Kier alpha value is -2.06. The van der Waals surface area contributed by atoms with Crippen LogP contribution in [0.15, 0.2) is 42.5 Å². The van der Waals surface area contributed by atoms with Crippen molar-refractivity contribution in [2.75, 3.05) is 5.73 Å². The van der Waals surface area contributed by atoms with E-state index in [0.717, 1.165) is 39.0 Å². The van der Waals surface area contributed by atoms with E-state index in [1.54, 1.807) is 0 Å². The number of rotatable bonds is 1. The molecule has 1 heterocycles. The van der Waals surface area contributed by atoms with Crippen LogP contribution >= 0.6 is 11.6 Å². The summed E-state index contributed by atoms with van der Waals surface area (Å²) < 4.78 is 0. The molecule has 0 aliphatic rings. The van der Waals surface area contributed by atoms with Crippen LogP contribution in [0, 0.1) is 13.8 Å². The van der Waals surface area contributed by atoms with Crippen molar-refractivity contribution in [1.29, 1.82) is 0 Å². The number of hydrogen-bond donors (Lipinski definition) is 1. The average Bonchev–Trinajstić information content (AvgIpc) is 2.44. The Morgan fingerprint density at radius 3 is 2.45 bits per heavy atom. The van der Waals surface area contributed by atoms with Crippen LogP contribution in [0.1, 0.15) is 11.1 Å². The Labute approximate surface area is 123 Å². The zero-order valence-electron chi connectivity index (χ0n) is 11.4. The van der Waals surface area contributed by atoms with Gasteiger partial charge in [0.1, 0.15) is 0 Å². The first kappa shape index (κ1) is 12.9. The molecular weight excluding hydrogens is 268 g/mol. The first-order chi connectivity index (χ1) is 9.58. The van der Waals surface area contributed by atoms with Gasteiger partial charge in [0, 0.05) is 21.7 Å². The van der Waals surface area contributed by atoms with Gasteiger partial charge in [-0.25, -0.2) is 4.98 Å². The molecule has 3 rings (SSSR count). The number of pyridine rings is 1. The molecule has 3 heteroatoms. The molecule has 2 aromatic carbocycles. The van der Waals surface area contributed by atoms with Gasteiger partial charge in [-0.1, -0.05) is 41.9 Å². The number of halogens is 1. The molecule has 0 saturated heterocycles. The van der Waals surface area contributed by atoms with E-state index < -0.39 is 0 Å². The largest absolute Gasteiger partial charge is 0.398 e. The van der Waals surface area contributed by atoms with Crippen LogP contribution in [-0.4, -0.2) is 4.98 Å². The maximum absolute atomic E-state index is 6.30. The second-order valence-electron chi connectivity index (χ2n) is 4.98. The van der Waals surface area contributed by atoms with Crippen LogP contribution in [-0.2, 0) is 0 Å². The fourth-order valence-corrected chi connectivity index (χ4v) is 2.76. The van der Waals surface area contributed by atoms with E-state index in [2.05, 4.69) is 0 Å². The summed E-state index contributed by atoms with van der Waals surface area (Å²) in [5, 5.41) is 1.61. The summed E-state index contributed by atoms with van der Waals surface area (Å²) >= 11 is 6.12. The van der Waals surface area contributed by atoms with Gasteiger partial charge in [0.25, 0.3) is 0 Å². The standard InChI is InChI=1S/C17H15ClN2/c1-10-8-13(18)9-14-15(19)11(2)17(20-16(10)14)12-6-4-3-5-7-12/h3-9H,1-2H3,(H2,19,20). The van der Waals surface area contributed by atoms with Gasteiger partial charge in [0.15, 0.2) is 0 Å². The van der Waals surface area contributed by atoms with Gasteiger partial charge in [-0.2, -0.15) is 0 Å². The number of anilines is 1. The van der Waals surface area contributed by atoms with Crippen LogP contribution < -0.4 is 5.73 Å². The molecule has 0 bridgehead atoms. The summed E-state index contributed by atoms with van der Waals surface area (Å²) in [5.74, 6) is 0. The Morgan fingerprint density at radius 1 is 1.05 bits per heavy atom. The molecule has 20 heavy (non-hydrogen) atoms. The van der Waals surface area contributed by atoms with Crippen LogP contribution in [0.3, 0.4) is 0 Å². The summed E-state index contributed by atoms with van der Waals surface area (Å²) in [6.07, 6.45) is 0. The molecule has 1 aromatic heterocycles. The molecule has 0 aliphatic carbocycles. The van der Waals surface area contributed by atoms with E-state index in [0.29, 0.717) is 5.02 Å². The topological polar surface area (TPSA) is 38.9 Å². The lowest BCUT2D eigenvalue weighted by atomic mass is 10.0. The maximum atomic E-state index is 6.30. The summed E-state index contributed by atoms with van der Waals surface area (Å²) in [6, 6.07) is 13.9. The molecule has 0 atom stereocenters. The zero-order valence-corrected chi connectivity index (χ0v) is 12.2. The van der Waals surface area contributed by atoms with Crippen molar-refractivity contribution in [2.24, 2.45) is 0 Å². The van der Waals surface area contributed by atoms with Crippen molar-refractivity contribution in [3.63, 3.8) is 0 Å². The molecule has 0 fully saturated rings. The van der Waals surface area contributed by atoms with Gasteiger partial charge >= 0.3 is 0 Å². The van der Waals surface area contributed by atoms with Crippen molar-refractivity contribution in [2.45, 2.75) is 13.8 Å². The van der Waals surface area contributed by atoms with Crippen molar-refractivity contribution in [1.82, 2.24) is 4.98 Å². The number of benzene rings is 2. The summed E-state index contributed by atoms with van der Waals surface area (Å²) in [6.45, 7) is 4.01. The normalized spacial score (nSPS) is 10.9. The number of fused-ring (bicyclic) bond motifs is 1. The highest BCUT2D eigenvalue weighted by molar-refractivity contribution is 6.31. The molecule has 0 amide bonds. The van der Waals surface area contributed by atoms with E-state index in [1.165, 1.54) is 0 Å². The van der Waals surface area contributed by atoms with Gasteiger partial charge in [-0.3, -0.25) is 0 Å². The third-order valence-electron chi connectivity index (χ3n) is 3.59. The summed E-state index contributed by atoms with van der Waals surface area (Å²) in [5.41, 5.74) is 12.0. The first-order valence-corrected chi connectivity index (χ1v) is 6.87. The molecule has 0 saturated carbocycles. The molecule has 0 radical (unpaired) electrons. The Morgan fingerprint density at radius 2 is 1.75 bits per heavy atom. The summed E-state index contributed by atoms with van der Waals surface area (Å²) in [4.78, 5) is 4.81. The van der Waals surface area contributed by atoms with Gasteiger partial charge in [0.05, 0.1) is 11.2 Å². The van der Waals surface area contributed by atoms with Crippen molar-refractivity contribution in [3.05, 3.63) is 58.6 Å². The molecule has 3 aromatic rings. The quantitative estimate of drug-likeness (QED) is 0.699. The number of nitrogens with two attached hydrogens (primary N) is 1. The highest BCUT2D eigenvalue weighted by Crippen LogP contribution is 2.34. The molecule has 100 valence electrons. The Bertz CT molecular complexity index is 795. The minimum Gasteiger partial charge on any atom is -0.398 e. The lowest BCUT2D eigenvalue weighted by molar-refractivity contribution is 1.31. The third-order valence-corrected chi connectivity index (χ3v) is 3.80. The van der Waals surface area contributed by atoms with Crippen molar-refractivity contribution < 1.29 is 0 Å². The van der Waals surface area contributed by atoms with Crippen molar-refractivity contribution >= 4 is 28.2 Å². The highest BCUT2D eigenvalue weighted by Gasteiger charge is 2.13. The minimum atomic E-state index is 0.690. The second kappa shape index (κ2) is 4.80. The van der Waals surface area contributed by atoms with Gasteiger partial charge in [-0.05, 0) is 37.1 Å². The molecule has 2 N–H and O–H groups in total. The van der Waals surface area contributed by atoms with Gasteiger partial charge < -0.3 is 5.73 Å². The smallest absolute Gasteiger partial charge is 0.0760 e. The summed E-state index contributed by atoms with van der Waals surface area (Å²) in [7, 11) is 0. The van der Waals surface area contributed by atoms with Crippen molar-refractivity contribution in [3.8, 4) is 11.3 Å². The van der Waals surface area contributed by atoms with Crippen LogP contribution in [0.5, 0.6) is 0 Å². The fourth-order valence-electron chi connectivity index (χ4n) is 2.49. The Balaban J connectivity index is 2.39. The average molecular weight is 283 g/mol. The number of hydrogen-bond acceptors (Lipinski definition) is 2. The Kier molecular flexibility index (Phi) is 3.11. The number of aryl methyl sites for hydroxylation is 1. The van der Waals surface area contributed by atoms with E-state index in [4.69, 9.17) is 22.3 Å². The molecule has 2 nitrogen and oxygen atoms in total. The molecule has 0 aliphatic heterocycles. The predicted octanol–water partition coefficient (Wildman–Crippen LogP) is 4.75. The minimum absolute atomic E-state index is 0.690. The van der Waals surface area contributed by atoms with E-state index in [9.17, 15) is 0 Å². The number of nitrogen functional groups attached to an aromatic ring is 1. The number of aromatic nitrogens is 1. The molecule has 0 unspecified atom stereocenters. The third kappa shape index (κ3) is 2.02. The lowest BCUT2D eigenvalue weighted by Crippen LogP contribution is -1.99. The van der Waals surface area contributed by atoms with E-state index in [1.807, 2.05) is 56.3 Å². The lowest BCUT2D eigenvalue weighted by Gasteiger charge is -2.13. The van der Waals surface area contributed by atoms with Crippen LogP contribution in [0.2, 0.25) is 5.02 Å². The van der Waals surface area contributed by atoms with Crippen LogP contribution in [0.25, 0.3) is 22.2 Å². The van der Waals surface area contributed by atoms with Crippen LogP contribution in [0.4, 0.5) is 5.69 Å². The monoisotopic (exact) mass is 282 g/mol. The molecular formula is C17H15ClN2. The SMILES string of the molecule is Cc1c(-c2ccccc2)nc2c(C)cc(Cl)cc2c1N. The first-order valence-electron chi connectivity index (χ1n) is 6.49. The number of nitrogens with zero attached hydrogens (tertiary/aromatic N) is 1. The fraction of sp³-hybridized carbons (Fsp3) is 0.118. The highest BCUT2D eigenvalue weighted by atomic mass is 35.5. The van der Waals surface area contributed by atoms with E-state index in [-0.39, 0.29) is 0 Å². The molecule has 0 spiro atoms. The zero-order chi connectivity index (χ0) is 14.3. The van der Waals surface area contributed by atoms with Gasteiger partial charge in [-0.15, -0.1) is 0 Å². The second-order valence-corrected chi connectivity index (χ2v) is 5.42. The van der Waals surface area contributed by atoms with E-state index >= 15 is 0 Å². The maximum Gasteiger partial charge on any atom is 0.0760 e.